The van der Waals surface area contributed by atoms with Gasteiger partial charge in [-0.2, -0.15) is 0 Å². The lowest BCUT2D eigenvalue weighted by Gasteiger charge is -2.29. The standard InChI is InChI=1S/C27H19BrN2O4/c28-17-13-14-22(31)20(15-17)24-23-25(34-30(24)18-9-2-1-3-10-18)27(33)29(26(23)32)21-12-6-8-16-7-4-5-11-19(16)21/h1-15,23-25,31H/t23-,24+,25+/m0/s1. The number of hydrogen-bond donors (Lipinski definition) is 1. The van der Waals surface area contributed by atoms with Crippen LogP contribution in [0, 0.1) is 5.92 Å². The second-order valence-electron chi connectivity index (χ2n) is 8.37. The van der Waals surface area contributed by atoms with Crippen LogP contribution in [0.25, 0.3) is 10.8 Å². The number of fused-ring (bicyclic) bond motifs is 2. The topological polar surface area (TPSA) is 70.1 Å². The molecule has 6 rings (SSSR count). The number of anilines is 2. The second-order valence-corrected chi connectivity index (χ2v) is 9.29. The monoisotopic (exact) mass is 514 g/mol. The maximum atomic E-state index is 13.9. The van der Waals surface area contributed by atoms with Gasteiger partial charge < -0.3 is 5.11 Å². The summed E-state index contributed by atoms with van der Waals surface area (Å²) in [5, 5.41) is 14.1. The van der Waals surface area contributed by atoms with Crippen LogP contribution >= 0.6 is 15.9 Å². The normalized spacial score (nSPS) is 22.0. The first kappa shape index (κ1) is 20.9. The Kier molecular flexibility index (Phi) is 4.90. The number of aromatic hydroxyl groups is 1. The van der Waals surface area contributed by atoms with Gasteiger partial charge in [-0.3, -0.25) is 14.4 Å². The van der Waals surface area contributed by atoms with Crippen molar-refractivity contribution in [2.24, 2.45) is 5.92 Å². The van der Waals surface area contributed by atoms with Crippen LogP contribution in [0.3, 0.4) is 0 Å². The van der Waals surface area contributed by atoms with E-state index in [1.165, 1.54) is 4.90 Å². The molecular weight excluding hydrogens is 496 g/mol. The zero-order valence-corrected chi connectivity index (χ0v) is 19.4. The van der Waals surface area contributed by atoms with Crippen molar-refractivity contribution in [1.29, 1.82) is 0 Å². The molecule has 0 unspecified atom stereocenters. The highest BCUT2D eigenvalue weighted by Crippen LogP contribution is 2.50. The number of carbonyl (C=O) groups is 2. The number of halogens is 1. The van der Waals surface area contributed by atoms with E-state index in [0.717, 1.165) is 15.2 Å². The van der Waals surface area contributed by atoms with Crippen LogP contribution in [-0.2, 0) is 14.4 Å². The third-order valence-electron chi connectivity index (χ3n) is 6.44. The van der Waals surface area contributed by atoms with E-state index in [2.05, 4.69) is 15.9 Å². The van der Waals surface area contributed by atoms with Crippen LogP contribution in [0.5, 0.6) is 5.75 Å². The molecule has 0 aromatic heterocycles. The Morgan fingerprint density at radius 3 is 2.38 bits per heavy atom. The van der Waals surface area contributed by atoms with Gasteiger partial charge in [0.15, 0.2) is 6.10 Å². The third-order valence-corrected chi connectivity index (χ3v) is 6.94. The zero-order chi connectivity index (χ0) is 23.4. The molecule has 0 saturated carbocycles. The smallest absolute Gasteiger partial charge is 0.266 e. The molecule has 2 fully saturated rings. The first-order chi connectivity index (χ1) is 16.5. The van der Waals surface area contributed by atoms with E-state index in [9.17, 15) is 14.7 Å². The van der Waals surface area contributed by atoms with E-state index in [0.29, 0.717) is 16.9 Å². The summed E-state index contributed by atoms with van der Waals surface area (Å²) in [7, 11) is 0. The molecule has 2 heterocycles. The van der Waals surface area contributed by atoms with Crippen LogP contribution in [0.15, 0.2) is 95.5 Å². The summed E-state index contributed by atoms with van der Waals surface area (Å²) >= 11 is 3.46. The number of para-hydroxylation sites is 1. The molecule has 4 aromatic carbocycles. The Morgan fingerprint density at radius 1 is 0.824 bits per heavy atom. The molecule has 168 valence electrons. The van der Waals surface area contributed by atoms with Gasteiger partial charge in [0.1, 0.15) is 11.7 Å². The second kappa shape index (κ2) is 7.97. The summed E-state index contributed by atoms with van der Waals surface area (Å²) in [5.41, 5.74) is 1.74. The van der Waals surface area contributed by atoms with Gasteiger partial charge >= 0.3 is 0 Å². The molecule has 4 aromatic rings. The van der Waals surface area contributed by atoms with Gasteiger partial charge in [-0.25, -0.2) is 9.96 Å². The van der Waals surface area contributed by atoms with Crippen molar-refractivity contribution in [2.45, 2.75) is 12.1 Å². The Morgan fingerprint density at radius 2 is 1.56 bits per heavy atom. The summed E-state index contributed by atoms with van der Waals surface area (Å²) in [5.74, 6) is -1.56. The van der Waals surface area contributed by atoms with E-state index in [4.69, 9.17) is 4.84 Å². The Labute approximate surface area is 204 Å². The summed E-state index contributed by atoms with van der Waals surface area (Å²) in [6.07, 6.45) is -1.00. The minimum absolute atomic E-state index is 0.0299. The first-order valence-corrected chi connectivity index (χ1v) is 11.7. The molecule has 0 bridgehead atoms. The van der Waals surface area contributed by atoms with Crippen LogP contribution < -0.4 is 9.96 Å². The summed E-state index contributed by atoms with van der Waals surface area (Å²) < 4.78 is 0.749. The van der Waals surface area contributed by atoms with Crippen molar-refractivity contribution in [3.05, 3.63) is 101 Å². The number of nitrogens with zero attached hydrogens (tertiary/aromatic N) is 2. The molecule has 0 radical (unpaired) electrons. The van der Waals surface area contributed by atoms with Crippen molar-refractivity contribution in [1.82, 2.24) is 0 Å². The number of amides is 2. The van der Waals surface area contributed by atoms with Gasteiger partial charge in [-0.15, -0.1) is 0 Å². The molecule has 2 aliphatic rings. The van der Waals surface area contributed by atoms with Crippen LogP contribution in [0.2, 0.25) is 0 Å². The van der Waals surface area contributed by atoms with Crippen molar-refractivity contribution in [2.75, 3.05) is 9.96 Å². The van der Waals surface area contributed by atoms with Gasteiger partial charge in [0, 0.05) is 15.4 Å². The van der Waals surface area contributed by atoms with E-state index in [-0.39, 0.29) is 11.7 Å². The number of imide groups is 1. The Balaban J connectivity index is 1.49. The van der Waals surface area contributed by atoms with E-state index >= 15 is 0 Å². The Bertz CT molecular complexity index is 1440. The predicted octanol–water partition coefficient (Wildman–Crippen LogP) is 5.36. The lowest BCUT2D eigenvalue weighted by Crippen LogP contribution is -2.37. The largest absolute Gasteiger partial charge is 0.508 e. The minimum Gasteiger partial charge on any atom is -0.508 e. The van der Waals surface area contributed by atoms with Crippen molar-refractivity contribution < 1.29 is 19.5 Å². The van der Waals surface area contributed by atoms with Crippen molar-refractivity contribution >= 4 is 49.9 Å². The molecule has 0 aliphatic carbocycles. The van der Waals surface area contributed by atoms with Crippen LogP contribution in [-0.4, -0.2) is 23.0 Å². The van der Waals surface area contributed by atoms with E-state index < -0.39 is 24.0 Å². The quantitative estimate of drug-likeness (QED) is 0.372. The highest BCUT2D eigenvalue weighted by Gasteiger charge is 2.60. The number of benzene rings is 4. The fourth-order valence-corrected chi connectivity index (χ4v) is 5.31. The number of carbonyl (C=O) groups excluding carboxylic acids is 2. The van der Waals surface area contributed by atoms with Crippen LogP contribution in [0.4, 0.5) is 11.4 Å². The summed E-state index contributed by atoms with van der Waals surface area (Å²) in [6, 6.07) is 26.9. The fourth-order valence-electron chi connectivity index (χ4n) is 4.93. The van der Waals surface area contributed by atoms with Gasteiger partial charge in [0.25, 0.3) is 5.91 Å². The summed E-state index contributed by atoms with van der Waals surface area (Å²) in [4.78, 5) is 34.9. The maximum Gasteiger partial charge on any atom is 0.266 e. The van der Waals surface area contributed by atoms with E-state index in [1.807, 2.05) is 66.7 Å². The predicted molar refractivity (Wildman–Crippen MR) is 132 cm³/mol. The number of hydrogen-bond acceptors (Lipinski definition) is 5. The molecule has 3 atom stereocenters. The fraction of sp³-hybridized carbons (Fsp3) is 0.111. The lowest BCUT2D eigenvalue weighted by atomic mass is 9.90. The number of rotatable bonds is 3. The average Bonchev–Trinajstić information content (AvgIpc) is 3.37. The molecule has 2 amide bonds. The first-order valence-electron chi connectivity index (χ1n) is 10.9. The molecule has 34 heavy (non-hydrogen) atoms. The molecule has 0 spiro atoms. The average molecular weight is 515 g/mol. The maximum absolute atomic E-state index is 13.9. The minimum atomic E-state index is -1.00. The molecule has 1 N–H and O–H groups in total. The lowest BCUT2D eigenvalue weighted by molar-refractivity contribution is -0.126. The molecule has 2 aliphatic heterocycles. The Hall–Kier alpha value is -3.68. The zero-order valence-electron chi connectivity index (χ0n) is 17.8. The van der Waals surface area contributed by atoms with Gasteiger partial charge in [0.2, 0.25) is 5.91 Å². The molecule has 2 saturated heterocycles. The summed E-state index contributed by atoms with van der Waals surface area (Å²) in [6.45, 7) is 0. The van der Waals surface area contributed by atoms with Gasteiger partial charge in [0.05, 0.1) is 17.4 Å². The molecule has 7 heteroatoms. The van der Waals surface area contributed by atoms with Crippen molar-refractivity contribution in [3.8, 4) is 5.75 Å². The highest BCUT2D eigenvalue weighted by molar-refractivity contribution is 9.10. The van der Waals surface area contributed by atoms with Gasteiger partial charge in [-0.05, 0) is 41.8 Å². The van der Waals surface area contributed by atoms with E-state index in [1.54, 1.807) is 29.3 Å². The third kappa shape index (κ3) is 3.12. The highest BCUT2D eigenvalue weighted by atomic mass is 79.9. The number of phenols is 1. The molecular formula is C27H19BrN2O4. The van der Waals surface area contributed by atoms with Gasteiger partial charge in [-0.1, -0.05) is 70.5 Å². The number of hydroxylamine groups is 1. The SMILES string of the molecule is O=C1[C@H]2[C@@H](c3cc(Br)ccc3O)N(c3ccccc3)O[C@H]2C(=O)N1c1cccc2ccccc12. The molecule has 6 nitrogen and oxygen atoms in total. The van der Waals surface area contributed by atoms with Crippen molar-refractivity contribution in [3.63, 3.8) is 0 Å². The number of phenolic OH excluding ortho intramolecular Hbond substituents is 1. The van der Waals surface area contributed by atoms with Crippen LogP contribution in [0.1, 0.15) is 11.6 Å².